The second-order valence-electron chi connectivity index (χ2n) is 3.83. The Balaban J connectivity index is 1.79. The molecule has 2 N–H and O–H groups in total. The number of benzene rings is 1. The van der Waals surface area contributed by atoms with E-state index in [4.69, 9.17) is 0 Å². The SMILES string of the molecule is O=C(C=Cc1ccccc1F)NCCc1ncn[nH]1. The molecule has 1 aromatic heterocycles. The average molecular weight is 260 g/mol. The number of nitrogens with one attached hydrogen (secondary N) is 2. The van der Waals surface area contributed by atoms with Crippen molar-refractivity contribution in [1.29, 1.82) is 0 Å². The van der Waals surface area contributed by atoms with Gasteiger partial charge in [0.25, 0.3) is 0 Å². The van der Waals surface area contributed by atoms with Crippen molar-refractivity contribution in [1.82, 2.24) is 20.5 Å². The van der Waals surface area contributed by atoms with E-state index in [1.165, 1.54) is 24.5 Å². The molecule has 5 nitrogen and oxygen atoms in total. The molecule has 98 valence electrons. The second kappa shape index (κ2) is 6.44. The summed E-state index contributed by atoms with van der Waals surface area (Å²) in [5.74, 6) is 0.0781. The van der Waals surface area contributed by atoms with Crippen molar-refractivity contribution < 1.29 is 9.18 Å². The van der Waals surface area contributed by atoms with E-state index < -0.39 is 0 Å². The highest BCUT2D eigenvalue weighted by atomic mass is 19.1. The fraction of sp³-hybridized carbons (Fsp3) is 0.154. The van der Waals surface area contributed by atoms with E-state index in [-0.39, 0.29) is 11.7 Å². The molecule has 0 saturated carbocycles. The number of aromatic amines is 1. The van der Waals surface area contributed by atoms with Gasteiger partial charge in [-0.15, -0.1) is 0 Å². The Kier molecular flexibility index (Phi) is 4.39. The van der Waals surface area contributed by atoms with Gasteiger partial charge in [-0.1, -0.05) is 18.2 Å². The summed E-state index contributed by atoms with van der Waals surface area (Å²) >= 11 is 0. The molecule has 0 spiro atoms. The van der Waals surface area contributed by atoms with E-state index in [0.717, 1.165) is 0 Å². The van der Waals surface area contributed by atoms with E-state index in [1.807, 2.05) is 0 Å². The van der Waals surface area contributed by atoms with Crippen molar-refractivity contribution >= 4 is 12.0 Å². The van der Waals surface area contributed by atoms with Crippen LogP contribution in [0, 0.1) is 5.82 Å². The van der Waals surface area contributed by atoms with Crippen molar-refractivity contribution in [2.45, 2.75) is 6.42 Å². The number of amides is 1. The highest BCUT2D eigenvalue weighted by Crippen LogP contribution is 2.07. The summed E-state index contributed by atoms with van der Waals surface area (Å²) in [6.07, 6.45) is 4.73. The third-order valence-corrected chi connectivity index (χ3v) is 2.45. The molecule has 0 saturated heterocycles. The molecule has 0 atom stereocenters. The van der Waals surface area contributed by atoms with E-state index in [9.17, 15) is 9.18 Å². The Morgan fingerprint density at radius 3 is 3.00 bits per heavy atom. The molecule has 0 bridgehead atoms. The zero-order chi connectivity index (χ0) is 13.5. The lowest BCUT2D eigenvalue weighted by atomic mass is 10.2. The lowest BCUT2D eigenvalue weighted by Gasteiger charge is -1.99. The van der Waals surface area contributed by atoms with Gasteiger partial charge in [0, 0.05) is 24.6 Å². The zero-order valence-corrected chi connectivity index (χ0v) is 10.1. The fourth-order valence-electron chi connectivity index (χ4n) is 1.49. The fourth-order valence-corrected chi connectivity index (χ4v) is 1.49. The third-order valence-electron chi connectivity index (χ3n) is 2.45. The minimum atomic E-state index is -0.354. The van der Waals surface area contributed by atoms with Crippen molar-refractivity contribution in [3.63, 3.8) is 0 Å². The van der Waals surface area contributed by atoms with Crippen LogP contribution in [-0.4, -0.2) is 27.6 Å². The number of rotatable bonds is 5. The maximum Gasteiger partial charge on any atom is 0.244 e. The molecule has 1 amide bonds. The second-order valence-corrected chi connectivity index (χ2v) is 3.83. The average Bonchev–Trinajstić information content (AvgIpc) is 2.91. The highest BCUT2D eigenvalue weighted by Gasteiger charge is 1.99. The first kappa shape index (κ1) is 12.9. The van der Waals surface area contributed by atoms with Gasteiger partial charge >= 0.3 is 0 Å². The summed E-state index contributed by atoms with van der Waals surface area (Å²) in [7, 11) is 0. The Labute approximate surface area is 109 Å². The Hall–Kier alpha value is -2.50. The minimum Gasteiger partial charge on any atom is -0.352 e. The number of carbonyl (C=O) groups is 1. The molecule has 0 fully saturated rings. The molecule has 1 aromatic carbocycles. The number of aromatic nitrogens is 3. The minimum absolute atomic E-state index is 0.275. The number of nitrogens with zero attached hydrogens (tertiary/aromatic N) is 2. The van der Waals surface area contributed by atoms with Gasteiger partial charge in [-0.2, -0.15) is 5.10 Å². The summed E-state index contributed by atoms with van der Waals surface area (Å²) in [6.45, 7) is 0.440. The van der Waals surface area contributed by atoms with Gasteiger partial charge in [0.15, 0.2) is 0 Å². The topological polar surface area (TPSA) is 70.7 Å². The van der Waals surface area contributed by atoms with Crippen molar-refractivity contribution in [2.75, 3.05) is 6.54 Å². The van der Waals surface area contributed by atoms with Crippen LogP contribution in [0.15, 0.2) is 36.7 Å². The Bertz CT molecular complexity index is 566. The molecule has 0 aliphatic rings. The molecule has 2 aromatic rings. The number of hydrogen-bond acceptors (Lipinski definition) is 3. The van der Waals surface area contributed by atoms with Gasteiger partial charge in [0.1, 0.15) is 18.0 Å². The predicted octanol–water partition coefficient (Wildman–Crippen LogP) is 1.32. The first-order valence-electron chi connectivity index (χ1n) is 5.80. The molecule has 0 aliphatic carbocycles. The maximum absolute atomic E-state index is 13.3. The molecule has 1 heterocycles. The lowest BCUT2D eigenvalue weighted by Crippen LogP contribution is -2.23. The lowest BCUT2D eigenvalue weighted by molar-refractivity contribution is -0.116. The first-order chi connectivity index (χ1) is 9.25. The Morgan fingerprint density at radius 2 is 2.26 bits per heavy atom. The van der Waals surface area contributed by atoms with Crippen LogP contribution in [0.4, 0.5) is 4.39 Å². The van der Waals surface area contributed by atoms with E-state index >= 15 is 0 Å². The maximum atomic E-state index is 13.3. The van der Waals surface area contributed by atoms with Crippen LogP contribution in [0.2, 0.25) is 0 Å². The highest BCUT2D eigenvalue weighted by molar-refractivity contribution is 5.91. The Morgan fingerprint density at radius 1 is 1.42 bits per heavy atom. The van der Waals surface area contributed by atoms with Gasteiger partial charge in [0.2, 0.25) is 5.91 Å². The first-order valence-corrected chi connectivity index (χ1v) is 5.80. The molecule has 6 heteroatoms. The van der Waals surface area contributed by atoms with Crippen LogP contribution in [-0.2, 0) is 11.2 Å². The number of H-pyrrole nitrogens is 1. The summed E-state index contributed by atoms with van der Waals surface area (Å²) in [5.41, 5.74) is 0.382. The van der Waals surface area contributed by atoms with Gasteiger partial charge in [-0.05, 0) is 12.1 Å². The summed E-state index contributed by atoms with van der Waals surface area (Å²) in [5, 5.41) is 9.07. The van der Waals surface area contributed by atoms with Gasteiger partial charge in [-0.3, -0.25) is 9.89 Å². The standard InChI is InChI=1S/C13H13FN4O/c14-11-4-2-1-3-10(11)5-6-13(19)15-8-7-12-16-9-17-18-12/h1-6,9H,7-8H2,(H,15,19)(H,16,17,18). The molecular weight excluding hydrogens is 247 g/mol. The summed E-state index contributed by atoms with van der Waals surface area (Å²) in [4.78, 5) is 15.4. The predicted molar refractivity (Wildman–Crippen MR) is 68.5 cm³/mol. The monoisotopic (exact) mass is 260 g/mol. The molecule has 19 heavy (non-hydrogen) atoms. The van der Waals surface area contributed by atoms with Crippen LogP contribution in [0.1, 0.15) is 11.4 Å². The van der Waals surface area contributed by atoms with E-state index in [0.29, 0.717) is 24.4 Å². The van der Waals surface area contributed by atoms with Crippen molar-refractivity contribution in [3.05, 3.63) is 53.9 Å². The summed E-state index contributed by atoms with van der Waals surface area (Å²) in [6, 6.07) is 6.27. The zero-order valence-electron chi connectivity index (χ0n) is 10.1. The van der Waals surface area contributed by atoms with Crippen molar-refractivity contribution in [2.24, 2.45) is 0 Å². The number of hydrogen-bond donors (Lipinski definition) is 2. The number of halogens is 1. The molecule has 0 aliphatic heterocycles. The quantitative estimate of drug-likeness (QED) is 0.796. The smallest absolute Gasteiger partial charge is 0.244 e. The third kappa shape index (κ3) is 4.02. The molecule has 2 rings (SSSR count). The van der Waals surface area contributed by atoms with Crippen LogP contribution >= 0.6 is 0 Å². The molecule has 0 radical (unpaired) electrons. The van der Waals surface area contributed by atoms with Crippen LogP contribution in [0.3, 0.4) is 0 Å². The van der Waals surface area contributed by atoms with Crippen LogP contribution < -0.4 is 5.32 Å². The largest absolute Gasteiger partial charge is 0.352 e. The number of carbonyl (C=O) groups excluding carboxylic acids is 1. The normalized spacial score (nSPS) is 10.8. The summed E-state index contributed by atoms with van der Waals surface area (Å²) < 4.78 is 13.3. The van der Waals surface area contributed by atoms with Gasteiger partial charge < -0.3 is 5.32 Å². The molecule has 0 unspecified atom stereocenters. The van der Waals surface area contributed by atoms with E-state index in [1.54, 1.807) is 18.2 Å². The van der Waals surface area contributed by atoms with Crippen LogP contribution in [0.25, 0.3) is 6.08 Å². The van der Waals surface area contributed by atoms with Crippen LogP contribution in [0.5, 0.6) is 0 Å². The van der Waals surface area contributed by atoms with Gasteiger partial charge in [-0.25, -0.2) is 9.37 Å². The van der Waals surface area contributed by atoms with E-state index in [2.05, 4.69) is 20.5 Å². The van der Waals surface area contributed by atoms with Crippen molar-refractivity contribution in [3.8, 4) is 0 Å². The molecular formula is C13H13FN4O. The van der Waals surface area contributed by atoms with Gasteiger partial charge in [0.05, 0.1) is 0 Å².